The molecule has 1 saturated carbocycles. The Bertz CT molecular complexity index is 406. The molecule has 2 aliphatic rings. The summed E-state index contributed by atoms with van der Waals surface area (Å²) in [5.41, 5.74) is 3.04. The van der Waals surface area contributed by atoms with Crippen molar-refractivity contribution in [3.8, 4) is 0 Å². The molecule has 1 saturated heterocycles. The van der Waals surface area contributed by atoms with E-state index in [1.54, 1.807) is 5.56 Å². The number of rotatable bonds is 3. The maximum Gasteiger partial charge on any atom is 0.00952 e. The second-order valence-electron chi connectivity index (χ2n) is 7.07. The SMILES string of the molecule is CC(C)c1ccc(C2CCN(C3CCCC3)CC2)cc1. The molecule has 1 aliphatic heterocycles. The minimum Gasteiger partial charge on any atom is -0.300 e. The van der Waals surface area contributed by atoms with Crippen LogP contribution in [0, 0.1) is 0 Å². The zero-order valence-electron chi connectivity index (χ0n) is 13.1. The average molecular weight is 271 g/mol. The third kappa shape index (κ3) is 3.09. The van der Waals surface area contributed by atoms with E-state index in [1.165, 1.54) is 57.2 Å². The fourth-order valence-corrected chi connectivity index (χ4v) is 4.02. The molecule has 0 atom stereocenters. The second-order valence-corrected chi connectivity index (χ2v) is 7.07. The number of piperidine rings is 1. The molecule has 1 aromatic rings. The Kier molecular flexibility index (Phi) is 4.45. The lowest BCUT2D eigenvalue weighted by molar-refractivity contribution is 0.154. The van der Waals surface area contributed by atoms with Gasteiger partial charge in [0.2, 0.25) is 0 Å². The highest BCUT2D eigenvalue weighted by Gasteiger charge is 2.27. The highest BCUT2D eigenvalue weighted by molar-refractivity contribution is 5.27. The summed E-state index contributed by atoms with van der Waals surface area (Å²) in [5, 5.41) is 0. The Morgan fingerprint density at radius 1 is 0.900 bits per heavy atom. The quantitative estimate of drug-likeness (QED) is 0.753. The smallest absolute Gasteiger partial charge is 0.00952 e. The zero-order valence-corrected chi connectivity index (χ0v) is 13.1. The number of hydrogen-bond acceptors (Lipinski definition) is 1. The Morgan fingerprint density at radius 2 is 1.50 bits per heavy atom. The van der Waals surface area contributed by atoms with Crippen molar-refractivity contribution >= 4 is 0 Å². The summed E-state index contributed by atoms with van der Waals surface area (Å²) in [5.74, 6) is 1.45. The van der Waals surface area contributed by atoms with Crippen molar-refractivity contribution in [1.29, 1.82) is 0 Å². The zero-order chi connectivity index (χ0) is 13.9. The molecule has 3 rings (SSSR count). The topological polar surface area (TPSA) is 3.24 Å². The van der Waals surface area contributed by atoms with Gasteiger partial charge in [-0.05, 0) is 61.7 Å². The highest BCUT2D eigenvalue weighted by Crippen LogP contribution is 2.32. The van der Waals surface area contributed by atoms with Crippen molar-refractivity contribution in [3.63, 3.8) is 0 Å². The summed E-state index contributed by atoms with van der Waals surface area (Å²) < 4.78 is 0. The molecule has 1 aromatic carbocycles. The molecule has 20 heavy (non-hydrogen) atoms. The van der Waals surface area contributed by atoms with Crippen LogP contribution in [-0.4, -0.2) is 24.0 Å². The molecule has 0 radical (unpaired) electrons. The van der Waals surface area contributed by atoms with E-state index in [-0.39, 0.29) is 0 Å². The van der Waals surface area contributed by atoms with Crippen LogP contribution in [0.2, 0.25) is 0 Å². The lowest BCUT2D eigenvalue weighted by Gasteiger charge is -2.36. The molecular formula is C19H29N. The average Bonchev–Trinajstić information content (AvgIpc) is 3.02. The molecule has 2 fully saturated rings. The van der Waals surface area contributed by atoms with Crippen molar-refractivity contribution in [1.82, 2.24) is 4.90 Å². The normalized spacial score (nSPS) is 22.8. The predicted octanol–water partition coefficient (Wildman–Crippen LogP) is 4.93. The van der Waals surface area contributed by atoms with Gasteiger partial charge in [-0.3, -0.25) is 0 Å². The third-order valence-corrected chi connectivity index (χ3v) is 5.45. The van der Waals surface area contributed by atoms with E-state index in [4.69, 9.17) is 0 Å². The number of hydrogen-bond donors (Lipinski definition) is 0. The van der Waals surface area contributed by atoms with Crippen LogP contribution in [0.1, 0.15) is 75.3 Å². The molecule has 0 spiro atoms. The van der Waals surface area contributed by atoms with Crippen LogP contribution in [0.25, 0.3) is 0 Å². The summed E-state index contributed by atoms with van der Waals surface area (Å²) in [4.78, 5) is 2.77. The maximum absolute atomic E-state index is 2.77. The van der Waals surface area contributed by atoms with Gasteiger partial charge in [0, 0.05) is 6.04 Å². The van der Waals surface area contributed by atoms with Crippen LogP contribution in [-0.2, 0) is 0 Å². The molecule has 1 heterocycles. The minimum atomic E-state index is 0.647. The molecule has 110 valence electrons. The number of nitrogens with zero attached hydrogens (tertiary/aromatic N) is 1. The summed E-state index contributed by atoms with van der Waals surface area (Å²) >= 11 is 0. The van der Waals surface area contributed by atoms with Crippen molar-refractivity contribution in [2.75, 3.05) is 13.1 Å². The molecule has 0 aromatic heterocycles. The van der Waals surface area contributed by atoms with Crippen molar-refractivity contribution in [3.05, 3.63) is 35.4 Å². The van der Waals surface area contributed by atoms with E-state index < -0.39 is 0 Å². The van der Waals surface area contributed by atoms with Crippen molar-refractivity contribution in [2.45, 2.75) is 70.3 Å². The van der Waals surface area contributed by atoms with Crippen LogP contribution < -0.4 is 0 Å². The molecule has 1 heteroatoms. The largest absolute Gasteiger partial charge is 0.300 e. The first kappa shape index (κ1) is 14.1. The molecule has 0 bridgehead atoms. The molecule has 1 aliphatic carbocycles. The van der Waals surface area contributed by atoms with Gasteiger partial charge >= 0.3 is 0 Å². The molecule has 0 N–H and O–H groups in total. The van der Waals surface area contributed by atoms with Gasteiger partial charge in [0.15, 0.2) is 0 Å². The minimum absolute atomic E-state index is 0.647. The summed E-state index contributed by atoms with van der Waals surface area (Å²) in [6, 6.07) is 10.3. The number of likely N-dealkylation sites (tertiary alicyclic amines) is 1. The van der Waals surface area contributed by atoms with Crippen LogP contribution in [0.4, 0.5) is 0 Å². The van der Waals surface area contributed by atoms with Crippen LogP contribution in [0.3, 0.4) is 0 Å². The third-order valence-electron chi connectivity index (χ3n) is 5.45. The van der Waals surface area contributed by atoms with Gasteiger partial charge in [0.05, 0.1) is 0 Å². The van der Waals surface area contributed by atoms with Gasteiger partial charge in [-0.25, -0.2) is 0 Å². The summed E-state index contributed by atoms with van der Waals surface area (Å²) in [7, 11) is 0. The highest BCUT2D eigenvalue weighted by atomic mass is 15.2. The maximum atomic E-state index is 2.77. The second kappa shape index (κ2) is 6.30. The monoisotopic (exact) mass is 271 g/mol. The molecular weight excluding hydrogens is 242 g/mol. The van der Waals surface area contributed by atoms with Crippen LogP contribution in [0.5, 0.6) is 0 Å². The van der Waals surface area contributed by atoms with E-state index in [0.29, 0.717) is 5.92 Å². The van der Waals surface area contributed by atoms with Crippen molar-refractivity contribution in [2.24, 2.45) is 0 Å². The lowest BCUT2D eigenvalue weighted by atomic mass is 9.87. The Morgan fingerprint density at radius 3 is 2.05 bits per heavy atom. The van der Waals surface area contributed by atoms with E-state index >= 15 is 0 Å². The first-order valence-electron chi connectivity index (χ1n) is 8.58. The van der Waals surface area contributed by atoms with Gasteiger partial charge in [-0.1, -0.05) is 51.0 Å². The molecule has 0 unspecified atom stereocenters. The van der Waals surface area contributed by atoms with E-state index in [1.807, 2.05) is 0 Å². The first-order valence-corrected chi connectivity index (χ1v) is 8.58. The van der Waals surface area contributed by atoms with E-state index in [9.17, 15) is 0 Å². The van der Waals surface area contributed by atoms with Crippen LogP contribution in [0.15, 0.2) is 24.3 Å². The molecule has 1 nitrogen and oxygen atoms in total. The van der Waals surface area contributed by atoms with Gasteiger partial charge in [0.1, 0.15) is 0 Å². The lowest BCUT2D eigenvalue weighted by Crippen LogP contribution is -2.39. The van der Waals surface area contributed by atoms with E-state index in [0.717, 1.165) is 12.0 Å². The number of benzene rings is 1. The Labute approximate surface area is 124 Å². The molecule has 0 amide bonds. The van der Waals surface area contributed by atoms with Gasteiger partial charge < -0.3 is 4.90 Å². The summed E-state index contributed by atoms with van der Waals surface area (Å²) in [6.07, 6.45) is 8.54. The Balaban J connectivity index is 1.57. The standard InChI is InChI=1S/C19H29N/c1-15(2)16-7-9-17(10-8-16)18-11-13-20(14-12-18)19-5-3-4-6-19/h7-10,15,18-19H,3-6,11-14H2,1-2H3. The van der Waals surface area contributed by atoms with E-state index in [2.05, 4.69) is 43.0 Å². The summed E-state index contributed by atoms with van der Waals surface area (Å²) in [6.45, 7) is 7.19. The van der Waals surface area contributed by atoms with Crippen molar-refractivity contribution < 1.29 is 0 Å². The van der Waals surface area contributed by atoms with Crippen LogP contribution >= 0.6 is 0 Å². The Hall–Kier alpha value is -0.820. The van der Waals surface area contributed by atoms with Gasteiger partial charge in [-0.2, -0.15) is 0 Å². The van der Waals surface area contributed by atoms with Gasteiger partial charge in [-0.15, -0.1) is 0 Å². The van der Waals surface area contributed by atoms with Gasteiger partial charge in [0.25, 0.3) is 0 Å². The fourth-order valence-electron chi connectivity index (χ4n) is 4.02. The predicted molar refractivity (Wildman–Crippen MR) is 86.3 cm³/mol. The fraction of sp³-hybridized carbons (Fsp3) is 0.684. The first-order chi connectivity index (χ1) is 9.74.